The summed E-state index contributed by atoms with van der Waals surface area (Å²) < 4.78 is 1.98. The van der Waals surface area contributed by atoms with E-state index < -0.39 is 0 Å². The van der Waals surface area contributed by atoms with Crippen LogP contribution in [0.3, 0.4) is 0 Å². The number of nitrogens with zero attached hydrogens (tertiary/aromatic N) is 2. The van der Waals surface area contributed by atoms with Crippen LogP contribution in [-0.4, -0.2) is 9.55 Å². The van der Waals surface area contributed by atoms with Gasteiger partial charge in [0, 0.05) is 24.5 Å². The molecule has 0 fully saturated rings. The molecule has 0 saturated heterocycles. The molecule has 0 saturated carbocycles. The van der Waals surface area contributed by atoms with Crippen molar-refractivity contribution in [1.29, 1.82) is 0 Å². The smallest absolute Gasteiger partial charge is 0.0946 e. The van der Waals surface area contributed by atoms with E-state index >= 15 is 0 Å². The molecule has 0 aromatic carbocycles. The number of aromatic nitrogens is 2. The van der Waals surface area contributed by atoms with Crippen LogP contribution in [0, 0.1) is 0 Å². The fraction of sp³-hybridized carbons (Fsp3) is 0.222. The Morgan fingerprint density at radius 3 is 3.08 bits per heavy atom. The van der Waals surface area contributed by atoms with Crippen molar-refractivity contribution < 1.29 is 0 Å². The summed E-state index contributed by atoms with van der Waals surface area (Å²) in [5, 5.41) is 2.10. The number of imidazole rings is 1. The second-order valence-electron chi connectivity index (χ2n) is 2.79. The van der Waals surface area contributed by atoms with Crippen molar-refractivity contribution >= 4 is 11.3 Å². The Morgan fingerprint density at radius 2 is 2.50 bits per heavy atom. The number of thiophene rings is 1. The summed E-state index contributed by atoms with van der Waals surface area (Å²) in [7, 11) is 1.99. The van der Waals surface area contributed by atoms with E-state index in [0.717, 1.165) is 12.1 Å². The lowest BCUT2D eigenvalue weighted by Crippen LogP contribution is -1.83. The zero-order valence-corrected chi connectivity index (χ0v) is 7.71. The van der Waals surface area contributed by atoms with Gasteiger partial charge in [-0.1, -0.05) is 6.07 Å². The van der Waals surface area contributed by atoms with E-state index in [1.165, 1.54) is 4.88 Å². The molecule has 0 spiro atoms. The first kappa shape index (κ1) is 7.55. The van der Waals surface area contributed by atoms with Crippen LogP contribution < -0.4 is 0 Å². The Morgan fingerprint density at radius 1 is 1.58 bits per heavy atom. The van der Waals surface area contributed by atoms with Crippen molar-refractivity contribution in [2.24, 2.45) is 7.05 Å². The van der Waals surface area contributed by atoms with Gasteiger partial charge in [0.2, 0.25) is 0 Å². The highest BCUT2D eigenvalue weighted by atomic mass is 32.1. The van der Waals surface area contributed by atoms with Crippen LogP contribution in [0.4, 0.5) is 0 Å². The molecule has 2 aromatic heterocycles. The molecule has 0 aliphatic rings. The fourth-order valence-corrected chi connectivity index (χ4v) is 1.87. The highest BCUT2D eigenvalue weighted by Crippen LogP contribution is 2.12. The molecule has 0 atom stereocenters. The van der Waals surface area contributed by atoms with E-state index in [1.54, 1.807) is 11.3 Å². The number of hydrogen-bond donors (Lipinski definition) is 0. The van der Waals surface area contributed by atoms with Gasteiger partial charge in [-0.15, -0.1) is 11.3 Å². The van der Waals surface area contributed by atoms with Gasteiger partial charge in [0.15, 0.2) is 0 Å². The van der Waals surface area contributed by atoms with Crippen molar-refractivity contribution in [2.45, 2.75) is 6.42 Å². The average Bonchev–Trinajstić information content (AvgIpc) is 2.63. The van der Waals surface area contributed by atoms with Crippen LogP contribution in [0.15, 0.2) is 30.0 Å². The van der Waals surface area contributed by atoms with Crippen molar-refractivity contribution in [2.75, 3.05) is 0 Å². The van der Waals surface area contributed by atoms with E-state index in [4.69, 9.17) is 0 Å². The summed E-state index contributed by atoms with van der Waals surface area (Å²) in [6.45, 7) is 0. The second-order valence-corrected chi connectivity index (χ2v) is 3.82. The van der Waals surface area contributed by atoms with Gasteiger partial charge in [-0.25, -0.2) is 4.98 Å². The van der Waals surface area contributed by atoms with Crippen LogP contribution >= 0.6 is 11.3 Å². The Bertz CT molecular complexity index is 348. The first-order valence-corrected chi connectivity index (χ1v) is 4.72. The Labute approximate surface area is 75.5 Å². The molecule has 0 aliphatic heterocycles. The van der Waals surface area contributed by atoms with Crippen LogP contribution in [0.5, 0.6) is 0 Å². The Hall–Kier alpha value is -1.09. The quantitative estimate of drug-likeness (QED) is 0.688. The SMILES string of the molecule is Cn1cnc(Cc2cccs2)c1. The number of aryl methyl sites for hydroxylation is 1. The maximum Gasteiger partial charge on any atom is 0.0946 e. The van der Waals surface area contributed by atoms with Gasteiger partial charge in [-0.05, 0) is 11.4 Å². The van der Waals surface area contributed by atoms with Gasteiger partial charge in [0.05, 0.1) is 12.0 Å². The van der Waals surface area contributed by atoms with Crippen LogP contribution in [0.2, 0.25) is 0 Å². The standard InChI is InChI=1S/C9H10N2S/c1-11-6-8(10-7-11)5-9-3-2-4-12-9/h2-4,6-7H,5H2,1H3. The highest BCUT2D eigenvalue weighted by Gasteiger charge is 1.98. The van der Waals surface area contributed by atoms with Crippen molar-refractivity contribution in [3.8, 4) is 0 Å². The second kappa shape index (κ2) is 3.11. The van der Waals surface area contributed by atoms with Gasteiger partial charge in [-0.3, -0.25) is 0 Å². The van der Waals surface area contributed by atoms with Crippen LogP contribution in [0.1, 0.15) is 10.6 Å². The Kier molecular flexibility index (Phi) is 1.96. The predicted octanol–water partition coefficient (Wildman–Crippen LogP) is 2.07. The van der Waals surface area contributed by atoms with Crippen LogP contribution in [0.25, 0.3) is 0 Å². The highest BCUT2D eigenvalue weighted by molar-refractivity contribution is 7.09. The zero-order valence-electron chi connectivity index (χ0n) is 6.90. The molecule has 0 unspecified atom stereocenters. The molecule has 62 valence electrons. The molecule has 2 nitrogen and oxygen atoms in total. The van der Waals surface area contributed by atoms with Crippen molar-refractivity contribution in [1.82, 2.24) is 9.55 Å². The first-order valence-electron chi connectivity index (χ1n) is 3.84. The molecule has 12 heavy (non-hydrogen) atoms. The monoisotopic (exact) mass is 178 g/mol. The minimum absolute atomic E-state index is 0.957. The van der Waals surface area contributed by atoms with E-state index in [0.29, 0.717) is 0 Å². The lowest BCUT2D eigenvalue weighted by Gasteiger charge is -1.90. The minimum atomic E-state index is 0.957. The third kappa shape index (κ3) is 1.56. The maximum atomic E-state index is 4.26. The molecular weight excluding hydrogens is 168 g/mol. The van der Waals surface area contributed by atoms with Gasteiger partial charge in [0.1, 0.15) is 0 Å². The summed E-state index contributed by atoms with van der Waals surface area (Å²) in [6.07, 6.45) is 4.85. The van der Waals surface area contributed by atoms with E-state index in [2.05, 4.69) is 28.7 Å². The normalized spacial score (nSPS) is 10.4. The first-order chi connectivity index (χ1) is 5.84. The molecule has 0 radical (unpaired) electrons. The van der Waals surface area contributed by atoms with Crippen molar-refractivity contribution in [3.63, 3.8) is 0 Å². The van der Waals surface area contributed by atoms with Crippen LogP contribution in [-0.2, 0) is 13.5 Å². The summed E-state index contributed by atoms with van der Waals surface area (Å²) in [5.74, 6) is 0. The predicted molar refractivity (Wildman–Crippen MR) is 50.3 cm³/mol. The van der Waals surface area contributed by atoms with E-state index in [-0.39, 0.29) is 0 Å². The minimum Gasteiger partial charge on any atom is -0.340 e. The molecule has 2 aromatic rings. The lowest BCUT2D eigenvalue weighted by atomic mass is 10.3. The maximum absolute atomic E-state index is 4.26. The topological polar surface area (TPSA) is 17.8 Å². The van der Waals surface area contributed by atoms with Crippen molar-refractivity contribution in [3.05, 3.63) is 40.6 Å². The Balaban J connectivity index is 2.14. The molecule has 0 N–H and O–H groups in total. The number of hydrogen-bond acceptors (Lipinski definition) is 2. The fourth-order valence-electron chi connectivity index (χ4n) is 1.15. The third-order valence-electron chi connectivity index (χ3n) is 1.69. The summed E-state index contributed by atoms with van der Waals surface area (Å²) in [6, 6.07) is 4.21. The molecule has 3 heteroatoms. The van der Waals surface area contributed by atoms with E-state index in [9.17, 15) is 0 Å². The summed E-state index contributed by atoms with van der Waals surface area (Å²) >= 11 is 1.78. The third-order valence-corrected chi connectivity index (χ3v) is 2.57. The van der Waals surface area contributed by atoms with Gasteiger partial charge < -0.3 is 4.57 Å². The van der Waals surface area contributed by atoms with Gasteiger partial charge in [0.25, 0.3) is 0 Å². The van der Waals surface area contributed by atoms with Gasteiger partial charge >= 0.3 is 0 Å². The molecule has 0 aliphatic carbocycles. The van der Waals surface area contributed by atoms with Gasteiger partial charge in [-0.2, -0.15) is 0 Å². The largest absolute Gasteiger partial charge is 0.340 e. The molecule has 2 rings (SSSR count). The molecule has 0 bridgehead atoms. The molecule has 2 heterocycles. The average molecular weight is 178 g/mol. The number of rotatable bonds is 2. The molecular formula is C9H10N2S. The van der Waals surface area contributed by atoms with E-state index in [1.807, 2.05) is 17.9 Å². The molecule has 0 amide bonds. The summed E-state index contributed by atoms with van der Waals surface area (Å²) in [5.41, 5.74) is 1.14. The summed E-state index contributed by atoms with van der Waals surface area (Å²) in [4.78, 5) is 5.63. The zero-order chi connectivity index (χ0) is 8.39. The lowest BCUT2D eigenvalue weighted by molar-refractivity contribution is 0.912.